The predicted octanol–water partition coefficient (Wildman–Crippen LogP) is 5.16. The van der Waals surface area contributed by atoms with Crippen molar-refractivity contribution in [3.63, 3.8) is 0 Å². The smallest absolute Gasteiger partial charge is 0.157 e. The van der Waals surface area contributed by atoms with Gasteiger partial charge in [-0.05, 0) is 37.5 Å². The van der Waals surface area contributed by atoms with Gasteiger partial charge in [0, 0.05) is 5.41 Å². The maximum atomic E-state index is 6.00. The van der Waals surface area contributed by atoms with Gasteiger partial charge < -0.3 is 9.47 Å². The molecule has 0 aromatic heterocycles. The number of rotatable bonds is 6. The van der Waals surface area contributed by atoms with E-state index in [0.717, 1.165) is 31.5 Å². The molecule has 20 heavy (non-hydrogen) atoms. The summed E-state index contributed by atoms with van der Waals surface area (Å²) in [5, 5.41) is 0. The van der Waals surface area contributed by atoms with Crippen molar-refractivity contribution in [3.05, 3.63) is 0 Å². The standard InChI is InChI=1S/C18H34O2/c1-4-6-8-17-19-13-18(3,14-20-17)16-11-9-15(7-5-2)10-12-16/h15-17H,4-14H2,1-3H3. The van der Waals surface area contributed by atoms with Crippen molar-refractivity contribution >= 4 is 0 Å². The van der Waals surface area contributed by atoms with Crippen LogP contribution >= 0.6 is 0 Å². The molecule has 118 valence electrons. The maximum Gasteiger partial charge on any atom is 0.157 e. The Morgan fingerprint density at radius 1 is 0.900 bits per heavy atom. The molecule has 1 saturated carbocycles. The molecule has 2 fully saturated rings. The van der Waals surface area contributed by atoms with Gasteiger partial charge in [-0.2, -0.15) is 0 Å². The zero-order valence-corrected chi connectivity index (χ0v) is 13.8. The molecule has 0 unspecified atom stereocenters. The van der Waals surface area contributed by atoms with Gasteiger partial charge in [0.1, 0.15) is 0 Å². The van der Waals surface area contributed by atoms with E-state index in [2.05, 4.69) is 20.8 Å². The van der Waals surface area contributed by atoms with E-state index in [1.807, 2.05) is 0 Å². The van der Waals surface area contributed by atoms with Crippen molar-refractivity contribution in [1.29, 1.82) is 0 Å². The number of unbranched alkanes of at least 4 members (excludes halogenated alkanes) is 1. The lowest BCUT2D eigenvalue weighted by Crippen LogP contribution is -2.45. The molecule has 0 radical (unpaired) electrons. The van der Waals surface area contributed by atoms with Crippen LogP contribution in [0.2, 0.25) is 0 Å². The van der Waals surface area contributed by atoms with E-state index in [-0.39, 0.29) is 11.7 Å². The van der Waals surface area contributed by atoms with Gasteiger partial charge >= 0.3 is 0 Å². The van der Waals surface area contributed by atoms with Crippen molar-refractivity contribution < 1.29 is 9.47 Å². The van der Waals surface area contributed by atoms with Gasteiger partial charge in [0.2, 0.25) is 0 Å². The summed E-state index contributed by atoms with van der Waals surface area (Å²) in [6, 6.07) is 0. The molecule has 0 spiro atoms. The maximum absolute atomic E-state index is 6.00. The van der Waals surface area contributed by atoms with Crippen molar-refractivity contribution in [1.82, 2.24) is 0 Å². The van der Waals surface area contributed by atoms with Gasteiger partial charge in [-0.25, -0.2) is 0 Å². The fraction of sp³-hybridized carbons (Fsp3) is 1.00. The van der Waals surface area contributed by atoms with E-state index in [9.17, 15) is 0 Å². The summed E-state index contributed by atoms with van der Waals surface area (Å²) in [5.74, 6) is 1.80. The Kier molecular flexibility index (Phi) is 6.35. The second kappa shape index (κ2) is 7.79. The molecular weight excluding hydrogens is 248 g/mol. The molecule has 2 nitrogen and oxygen atoms in total. The van der Waals surface area contributed by atoms with Crippen LogP contribution in [0.4, 0.5) is 0 Å². The first-order valence-electron chi connectivity index (χ1n) is 8.91. The van der Waals surface area contributed by atoms with Crippen molar-refractivity contribution in [2.45, 2.75) is 84.8 Å². The highest BCUT2D eigenvalue weighted by Gasteiger charge is 2.40. The molecule has 1 aliphatic carbocycles. The largest absolute Gasteiger partial charge is 0.352 e. The highest BCUT2D eigenvalue weighted by Crippen LogP contribution is 2.43. The molecule has 0 atom stereocenters. The summed E-state index contributed by atoms with van der Waals surface area (Å²) in [4.78, 5) is 0. The molecule has 1 saturated heterocycles. The summed E-state index contributed by atoms with van der Waals surface area (Å²) < 4.78 is 12.0. The summed E-state index contributed by atoms with van der Waals surface area (Å²) in [6.07, 6.45) is 12.0. The minimum atomic E-state index is 0.0689. The molecule has 2 heteroatoms. The Morgan fingerprint density at radius 2 is 1.55 bits per heavy atom. The first kappa shape index (κ1) is 16.3. The zero-order valence-electron chi connectivity index (χ0n) is 13.8. The van der Waals surface area contributed by atoms with Crippen LogP contribution in [0.5, 0.6) is 0 Å². The van der Waals surface area contributed by atoms with Gasteiger partial charge in [0.05, 0.1) is 13.2 Å². The lowest BCUT2D eigenvalue weighted by atomic mass is 9.67. The van der Waals surface area contributed by atoms with Crippen molar-refractivity contribution in [2.24, 2.45) is 17.3 Å². The third kappa shape index (κ3) is 4.21. The highest BCUT2D eigenvalue weighted by atomic mass is 16.7. The Hall–Kier alpha value is -0.0800. The highest BCUT2D eigenvalue weighted by molar-refractivity contribution is 4.88. The van der Waals surface area contributed by atoms with Gasteiger partial charge in [-0.15, -0.1) is 0 Å². The van der Waals surface area contributed by atoms with Gasteiger partial charge in [-0.1, -0.05) is 52.9 Å². The lowest BCUT2D eigenvalue weighted by molar-refractivity contribution is -0.241. The topological polar surface area (TPSA) is 18.5 Å². The van der Waals surface area contributed by atoms with Crippen LogP contribution in [-0.2, 0) is 9.47 Å². The van der Waals surface area contributed by atoms with Crippen LogP contribution in [0.1, 0.15) is 78.6 Å². The molecule has 0 aromatic carbocycles. The third-order valence-corrected chi connectivity index (χ3v) is 5.52. The van der Waals surface area contributed by atoms with E-state index in [4.69, 9.17) is 9.47 Å². The van der Waals surface area contributed by atoms with Gasteiger partial charge in [0.15, 0.2) is 6.29 Å². The molecular formula is C18H34O2. The minimum absolute atomic E-state index is 0.0689. The average molecular weight is 282 g/mol. The normalized spacial score (nSPS) is 38.9. The predicted molar refractivity (Wildman–Crippen MR) is 83.7 cm³/mol. The van der Waals surface area contributed by atoms with Crippen molar-refractivity contribution in [3.8, 4) is 0 Å². The summed E-state index contributed by atoms with van der Waals surface area (Å²) >= 11 is 0. The lowest BCUT2D eigenvalue weighted by Gasteiger charge is -2.45. The number of hydrogen-bond acceptors (Lipinski definition) is 2. The quantitative estimate of drug-likeness (QED) is 0.669. The Bertz CT molecular complexity index is 261. The second-order valence-corrected chi connectivity index (χ2v) is 7.35. The van der Waals surface area contributed by atoms with Crippen LogP contribution in [0.25, 0.3) is 0 Å². The monoisotopic (exact) mass is 282 g/mol. The molecule has 1 heterocycles. The Balaban J connectivity index is 1.76. The Labute approximate surface area is 125 Å². The average Bonchev–Trinajstić information content (AvgIpc) is 2.48. The molecule has 1 aliphatic heterocycles. The molecule has 0 amide bonds. The van der Waals surface area contributed by atoms with Crippen LogP contribution < -0.4 is 0 Å². The van der Waals surface area contributed by atoms with Crippen LogP contribution in [-0.4, -0.2) is 19.5 Å². The molecule has 0 aromatic rings. The van der Waals surface area contributed by atoms with Crippen LogP contribution in [0, 0.1) is 17.3 Å². The Morgan fingerprint density at radius 3 is 2.10 bits per heavy atom. The summed E-state index contributed by atoms with van der Waals surface area (Å²) in [7, 11) is 0. The summed E-state index contributed by atoms with van der Waals surface area (Å²) in [6.45, 7) is 8.73. The fourth-order valence-corrected chi connectivity index (χ4v) is 3.99. The van der Waals surface area contributed by atoms with Crippen LogP contribution in [0.3, 0.4) is 0 Å². The minimum Gasteiger partial charge on any atom is -0.352 e. The van der Waals surface area contributed by atoms with Gasteiger partial charge in [-0.3, -0.25) is 0 Å². The number of ether oxygens (including phenoxy) is 2. The van der Waals surface area contributed by atoms with E-state index in [1.165, 1.54) is 51.4 Å². The van der Waals surface area contributed by atoms with E-state index >= 15 is 0 Å². The fourth-order valence-electron chi connectivity index (χ4n) is 3.99. The second-order valence-electron chi connectivity index (χ2n) is 7.35. The first-order valence-corrected chi connectivity index (χ1v) is 8.91. The first-order chi connectivity index (χ1) is 9.68. The third-order valence-electron chi connectivity index (χ3n) is 5.52. The molecule has 0 N–H and O–H groups in total. The summed E-state index contributed by atoms with van der Waals surface area (Å²) in [5.41, 5.74) is 0.264. The molecule has 2 aliphatic rings. The van der Waals surface area contributed by atoms with Gasteiger partial charge in [0.25, 0.3) is 0 Å². The van der Waals surface area contributed by atoms with Crippen molar-refractivity contribution in [2.75, 3.05) is 13.2 Å². The van der Waals surface area contributed by atoms with Crippen LogP contribution in [0.15, 0.2) is 0 Å². The zero-order chi connectivity index (χ0) is 14.4. The van der Waals surface area contributed by atoms with E-state index in [0.29, 0.717) is 0 Å². The number of hydrogen-bond donors (Lipinski definition) is 0. The molecule has 2 rings (SSSR count). The molecule has 0 bridgehead atoms. The SMILES string of the molecule is CCCCC1OCC(C)(C2CCC(CCC)CC2)CO1. The van der Waals surface area contributed by atoms with E-state index < -0.39 is 0 Å². The van der Waals surface area contributed by atoms with E-state index in [1.54, 1.807) is 0 Å².